The quantitative estimate of drug-likeness (QED) is 0.818. The van der Waals surface area contributed by atoms with Crippen molar-refractivity contribution in [2.24, 2.45) is 0 Å². The minimum absolute atomic E-state index is 0.0917. The van der Waals surface area contributed by atoms with Crippen molar-refractivity contribution in [1.82, 2.24) is 5.32 Å². The first-order chi connectivity index (χ1) is 9.13. The molecule has 1 heterocycles. The van der Waals surface area contributed by atoms with Gasteiger partial charge in [-0.05, 0) is 24.6 Å². The first-order valence-electron chi connectivity index (χ1n) is 6.39. The Morgan fingerprint density at radius 1 is 1.42 bits per heavy atom. The number of anilines is 1. The highest BCUT2D eigenvalue weighted by Gasteiger charge is 2.15. The Kier molecular flexibility index (Phi) is 4.66. The molecule has 0 atom stereocenters. The molecule has 1 aromatic heterocycles. The largest absolute Gasteiger partial charge is 0.397 e. The van der Waals surface area contributed by atoms with Gasteiger partial charge in [-0.2, -0.15) is 0 Å². The molecule has 0 bridgehead atoms. The topological polar surface area (TPSA) is 55.1 Å². The van der Waals surface area contributed by atoms with Crippen molar-refractivity contribution in [3.05, 3.63) is 28.1 Å². The summed E-state index contributed by atoms with van der Waals surface area (Å²) in [6.45, 7) is 2.83. The summed E-state index contributed by atoms with van der Waals surface area (Å²) in [6.07, 6.45) is 3.26. The molecule has 102 valence electrons. The predicted molar refractivity (Wildman–Crippen MR) is 83.1 cm³/mol. The lowest BCUT2D eigenvalue weighted by atomic mass is 10.2. The van der Waals surface area contributed by atoms with E-state index in [1.807, 2.05) is 12.1 Å². The molecule has 19 heavy (non-hydrogen) atoms. The van der Waals surface area contributed by atoms with Crippen LogP contribution in [0.4, 0.5) is 5.69 Å². The fourth-order valence-corrected chi connectivity index (χ4v) is 3.11. The van der Waals surface area contributed by atoms with Crippen LogP contribution in [0.1, 0.15) is 35.9 Å². The van der Waals surface area contributed by atoms with Gasteiger partial charge in [0.1, 0.15) is 4.88 Å². The van der Waals surface area contributed by atoms with Gasteiger partial charge in [-0.15, -0.1) is 11.3 Å². The number of nitrogen functional groups attached to an aromatic ring is 1. The molecule has 0 aliphatic rings. The second-order valence-electron chi connectivity index (χ2n) is 4.45. The number of halogens is 1. The van der Waals surface area contributed by atoms with Crippen LogP contribution in [0.2, 0.25) is 5.02 Å². The summed E-state index contributed by atoms with van der Waals surface area (Å²) in [5.41, 5.74) is 6.55. The molecule has 0 saturated carbocycles. The summed E-state index contributed by atoms with van der Waals surface area (Å²) in [4.78, 5) is 12.6. The van der Waals surface area contributed by atoms with E-state index in [0.717, 1.165) is 29.3 Å². The van der Waals surface area contributed by atoms with Crippen molar-refractivity contribution in [3.8, 4) is 0 Å². The number of nitrogens with two attached hydrogens (primary N) is 1. The molecule has 3 N–H and O–H groups in total. The third kappa shape index (κ3) is 3.19. The number of hydrogen-bond donors (Lipinski definition) is 2. The maximum absolute atomic E-state index is 12.1. The number of amides is 1. The van der Waals surface area contributed by atoms with E-state index in [2.05, 4.69) is 12.2 Å². The summed E-state index contributed by atoms with van der Waals surface area (Å²) in [7, 11) is 0. The summed E-state index contributed by atoms with van der Waals surface area (Å²) >= 11 is 7.36. The van der Waals surface area contributed by atoms with Crippen LogP contribution in [0.15, 0.2) is 18.2 Å². The van der Waals surface area contributed by atoms with Gasteiger partial charge >= 0.3 is 0 Å². The fourth-order valence-electron chi connectivity index (χ4n) is 1.91. The number of nitrogens with one attached hydrogen (secondary N) is 1. The van der Waals surface area contributed by atoms with Gasteiger partial charge in [0, 0.05) is 21.7 Å². The van der Waals surface area contributed by atoms with Gasteiger partial charge in [0.25, 0.3) is 5.91 Å². The average Bonchev–Trinajstić information content (AvgIpc) is 2.72. The fraction of sp³-hybridized carbons (Fsp3) is 0.357. The third-order valence-electron chi connectivity index (χ3n) is 2.96. The van der Waals surface area contributed by atoms with E-state index in [-0.39, 0.29) is 5.91 Å². The second kappa shape index (κ2) is 6.26. The molecule has 2 aromatic rings. The van der Waals surface area contributed by atoms with Gasteiger partial charge in [-0.1, -0.05) is 31.4 Å². The Balaban J connectivity index is 2.16. The summed E-state index contributed by atoms with van der Waals surface area (Å²) in [5, 5.41) is 4.40. The molecular weight excluding hydrogens is 280 g/mol. The smallest absolute Gasteiger partial charge is 0.263 e. The van der Waals surface area contributed by atoms with Crippen LogP contribution in [0, 0.1) is 0 Å². The Labute approximate surface area is 121 Å². The van der Waals surface area contributed by atoms with E-state index in [4.69, 9.17) is 17.3 Å². The first kappa shape index (κ1) is 14.2. The molecule has 0 aliphatic heterocycles. The highest BCUT2D eigenvalue weighted by Crippen LogP contribution is 2.35. The van der Waals surface area contributed by atoms with E-state index in [9.17, 15) is 4.79 Å². The highest BCUT2D eigenvalue weighted by molar-refractivity contribution is 7.21. The molecule has 3 nitrogen and oxygen atoms in total. The lowest BCUT2D eigenvalue weighted by Crippen LogP contribution is -2.24. The van der Waals surface area contributed by atoms with Gasteiger partial charge in [0.15, 0.2) is 0 Å². The summed E-state index contributed by atoms with van der Waals surface area (Å²) < 4.78 is 0.987. The molecule has 0 spiro atoms. The average molecular weight is 297 g/mol. The lowest BCUT2D eigenvalue weighted by Gasteiger charge is -2.03. The molecule has 0 unspecified atom stereocenters. The van der Waals surface area contributed by atoms with E-state index < -0.39 is 0 Å². The first-order valence-corrected chi connectivity index (χ1v) is 7.58. The molecule has 1 aromatic carbocycles. The van der Waals surface area contributed by atoms with Crippen LogP contribution < -0.4 is 11.1 Å². The van der Waals surface area contributed by atoms with Crippen molar-refractivity contribution in [2.45, 2.75) is 26.2 Å². The number of thiophene rings is 1. The summed E-state index contributed by atoms with van der Waals surface area (Å²) in [6, 6.07) is 5.51. The van der Waals surface area contributed by atoms with Gasteiger partial charge in [-0.3, -0.25) is 4.79 Å². The standard InChI is InChI=1S/C14H17ClN2OS/c1-2-3-4-7-17-14(18)13-12(16)10-8-9(15)5-6-11(10)19-13/h5-6,8H,2-4,7,16H2,1H3,(H,17,18). The predicted octanol–water partition coefficient (Wildman–Crippen LogP) is 4.06. The van der Waals surface area contributed by atoms with Gasteiger partial charge in [0.05, 0.1) is 5.69 Å². The van der Waals surface area contributed by atoms with E-state index in [1.54, 1.807) is 6.07 Å². The third-order valence-corrected chi connectivity index (χ3v) is 4.38. The zero-order valence-corrected chi connectivity index (χ0v) is 12.4. The lowest BCUT2D eigenvalue weighted by molar-refractivity contribution is 0.0958. The maximum atomic E-state index is 12.1. The van der Waals surface area contributed by atoms with Crippen molar-refractivity contribution in [1.29, 1.82) is 0 Å². The number of fused-ring (bicyclic) bond motifs is 1. The number of rotatable bonds is 5. The minimum atomic E-state index is -0.0917. The SMILES string of the molecule is CCCCCNC(=O)c1sc2ccc(Cl)cc2c1N. The van der Waals surface area contributed by atoms with Crippen LogP contribution in [0.25, 0.3) is 10.1 Å². The maximum Gasteiger partial charge on any atom is 0.263 e. The van der Waals surface area contributed by atoms with Crippen LogP contribution in [-0.4, -0.2) is 12.5 Å². The number of carbonyl (C=O) groups excluding carboxylic acids is 1. The molecule has 0 radical (unpaired) electrons. The van der Waals surface area contributed by atoms with Crippen LogP contribution in [0.3, 0.4) is 0 Å². The zero-order chi connectivity index (χ0) is 13.8. The number of unbranched alkanes of at least 4 members (excludes halogenated alkanes) is 2. The second-order valence-corrected chi connectivity index (χ2v) is 5.94. The normalized spacial score (nSPS) is 10.8. The van der Waals surface area contributed by atoms with E-state index in [0.29, 0.717) is 22.1 Å². The Hall–Kier alpha value is -1.26. The molecule has 1 amide bonds. The van der Waals surface area contributed by atoms with Gasteiger partial charge < -0.3 is 11.1 Å². The van der Waals surface area contributed by atoms with Crippen LogP contribution in [0.5, 0.6) is 0 Å². The van der Waals surface area contributed by atoms with Crippen LogP contribution in [-0.2, 0) is 0 Å². The Bertz CT molecular complexity index is 594. The summed E-state index contributed by atoms with van der Waals surface area (Å²) in [5.74, 6) is -0.0917. The van der Waals surface area contributed by atoms with Crippen LogP contribution >= 0.6 is 22.9 Å². The number of carbonyl (C=O) groups is 1. The minimum Gasteiger partial charge on any atom is -0.397 e. The van der Waals surface area contributed by atoms with Crippen molar-refractivity contribution >= 4 is 44.6 Å². The number of benzene rings is 1. The van der Waals surface area contributed by atoms with Crippen molar-refractivity contribution in [2.75, 3.05) is 12.3 Å². The molecule has 0 saturated heterocycles. The van der Waals surface area contributed by atoms with E-state index in [1.165, 1.54) is 11.3 Å². The van der Waals surface area contributed by atoms with Gasteiger partial charge in [0.2, 0.25) is 0 Å². The van der Waals surface area contributed by atoms with Crippen molar-refractivity contribution < 1.29 is 4.79 Å². The number of hydrogen-bond acceptors (Lipinski definition) is 3. The Morgan fingerprint density at radius 3 is 2.95 bits per heavy atom. The zero-order valence-electron chi connectivity index (χ0n) is 10.8. The monoisotopic (exact) mass is 296 g/mol. The molecule has 0 fully saturated rings. The van der Waals surface area contributed by atoms with Gasteiger partial charge in [-0.25, -0.2) is 0 Å². The molecular formula is C14H17ClN2OS. The Morgan fingerprint density at radius 2 is 2.21 bits per heavy atom. The van der Waals surface area contributed by atoms with E-state index >= 15 is 0 Å². The molecule has 5 heteroatoms. The highest BCUT2D eigenvalue weighted by atomic mass is 35.5. The molecule has 2 rings (SSSR count). The van der Waals surface area contributed by atoms with Crippen molar-refractivity contribution in [3.63, 3.8) is 0 Å². The molecule has 0 aliphatic carbocycles.